The summed E-state index contributed by atoms with van der Waals surface area (Å²) in [6, 6.07) is 11.4. The molecule has 0 bridgehead atoms. The van der Waals surface area contributed by atoms with E-state index < -0.39 is 0 Å². The summed E-state index contributed by atoms with van der Waals surface area (Å²) >= 11 is 0. The van der Waals surface area contributed by atoms with Crippen LogP contribution in [0.5, 0.6) is 0 Å². The molecule has 0 saturated heterocycles. The van der Waals surface area contributed by atoms with Crippen molar-refractivity contribution in [1.29, 1.82) is 0 Å². The number of rotatable bonds is 6. The Bertz CT molecular complexity index is 572. The Hall–Kier alpha value is -1.61. The number of hydrogen-bond acceptors (Lipinski definition) is 2. The zero-order chi connectivity index (χ0) is 15.4. The van der Waals surface area contributed by atoms with E-state index in [0.29, 0.717) is 12.1 Å². The molecule has 0 spiro atoms. The van der Waals surface area contributed by atoms with Gasteiger partial charge in [-0.25, -0.2) is 0 Å². The summed E-state index contributed by atoms with van der Waals surface area (Å²) in [5.74, 6) is 0. The van der Waals surface area contributed by atoms with Crippen LogP contribution in [-0.4, -0.2) is 9.78 Å². The number of aromatic nitrogens is 2. The molecule has 114 valence electrons. The highest BCUT2D eigenvalue weighted by atomic mass is 15.3. The quantitative estimate of drug-likeness (QED) is 0.861. The molecular formula is C18H27N3. The lowest BCUT2D eigenvalue weighted by atomic mass is 9.99. The van der Waals surface area contributed by atoms with E-state index in [9.17, 15) is 0 Å². The second-order valence-electron chi connectivity index (χ2n) is 5.85. The van der Waals surface area contributed by atoms with Crippen molar-refractivity contribution in [3.8, 4) is 0 Å². The molecule has 1 N–H and O–H groups in total. The molecule has 1 heterocycles. The molecule has 0 radical (unpaired) electrons. The van der Waals surface area contributed by atoms with Crippen LogP contribution in [0.25, 0.3) is 0 Å². The number of hydrogen-bond donors (Lipinski definition) is 1. The van der Waals surface area contributed by atoms with Crippen molar-refractivity contribution in [2.75, 3.05) is 0 Å². The molecule has 0 aliphatic heterocycles. The molecule has 0 amide bonds. The maximum absolute atomic E-state index is 4.53. The van der Waals surface area contributed by atoms with E-state index in [4.69, 9.17) is 0 Å². The third-order valence-electron chi connectivity index (χ3n) is 4.23. The van der Waals surface area contributed by atoms with Gasteiger partial charge in [-0.3, -0.25) is 4.68 Å². The highest BCUT2D eigenvalue weighted by Gasteiger charge is 2.20. The Kier molecular flexibility index (Phi) is 5.18. The molecule has 2 rings (SSSR count). The number of nitrogens with one attached hydrogen (secondary N) is 1. The van der Waals surface area contributed by atoms with Gasteiger partial charge in [-0.15, -0.1) is 0 Å². The normalized spacial score (nSPS) is 14.1. The van der Waals surface area contributed by atoms with E-state index in [1.807, 2.05) is 11.7 Å². The summed E-state index contributed by atoms with van der Waals surface area (Å²) in [5.41, 5.74) is 5.06. The first-order valence-electron chi connectivity index (χ1n) is 7.85. The van der Waals surface area contributed by atoms with E-state index in [2.05, 4.69) is 68.4 Å². The molecule has 1 aromatic heterocycles. The zero-order valence-corrected chi connectivity index (χ0v) is 13.9. The molecule has 0 aliphatic carbocycles. The number of nitrogens with zero attached hydrogens (tertiary/aromatic N) is 2. The Labute approximate surface area is 128 Å². The fourth-order valence-electron chi connectivity index (χ4n) is 3.12. The van der Waals surface area contributed by atoms with E-state index >= 15 is 0 Å². The fourth-order valence-corrected chi connectivity index (χ4v) is 3.12. The van der Waals surface area contributed by atoms with Crippen LogP contribution < -0.4 is 5.32 Å². The van der Waals surface area contributed by atoms with Crippen LogP contribution in [0, 0.1) is 13.8 Å². The monoisotopic (exact) mass is 285 g/mol. The van der Waals surface area contributed by atoms with E-state index in [1.54, 1.807) is 0 Å². The second-order valence-corrected chi connectivity index (χ2v) is 5.85. The van der Waals surface area contributed by atoms with Gasteiger partial charge >= 0.3 is 0 Å². The van der Waals surface area contributed by atoms with Gasteiger partial charge in [0.1, 0.15) is 0 Å². The van der Waals surface area contributed by atoms with Crippen LogP contribution in [0.4, 0.5) is 0 Å². The van der Waals surface area contributed by atoms with Crippen molar-refractivity contribution in [2.24, 2.45) is 7.05 Å². The summed E-state index contributed by atoms with van der Waals surface area (Å²) in [6.07, 6.45) is 2.32. The Morgan fingerprint density at radius 3 is 2.38 bits per heavy atom. The highest BCUT2D eigenvalue weighted by molar-refractivity contribution is 5.28. The van der Waals surface area contributed by atoms with E-state index in [0.717, 1.165) is 12.1 Å². The van der Waals surface area contributed by atoms with Crippen LogP contribution >= 0.6 is 0 Å². The van der Waals surface area contributed by atoms with Gasteiger partial charge in [-0.05, 0) is 32.8 Å². The Balaban J connectivity index is 2.20. The predicted octanol–water partition coefficient (Wildman–Crippen LogP) is 4.23. The largest absolute Gasteiger partial charge is 0.303 e. The third-order valence-corrected chi connectivity index (χ3v) is 4.23. The van der Waals surface area contributed by atoms with Crippen molar-refractivity contribution in [1.82, 2.24) is 15.1 Å². The molecule has 21 heavy (non-hydrogen) atoms. The SMILES string of the molecule is CCCC(NC(C)c1c(C)nn(C)c1C)c1ccccc1. The number of benzene rings is 1. The summed E-state index contributed by atoms with van der Waals surface area (Å²) < 4.78 is 1.97. The minimum Gasteiger partial charge on any atom is -0.303 e. The molecule has 2 aromatic rings. The molecule has 3 heteroatoms. The van der Waals surface area contributed by atoms with E-state index in [-0.39, 0.29) is 0 Å². The lowest BCUT2D eigenvalue weighted by Gasteiger charge is -2.24. The predicted molar refractivity (Wildman–Crippen MR) is 88.3 cm³/mol. The van der Waals surface area contributed by atoms with Crippen LogP contribution in [0.2, 0.25) is 0 Å². The molecule has 0 fully saturated rings. The summed E-state index contributed by atoms with van der Waals surface area (Å²) in [4.78, 5) is 0. The van der Waals surface area contributed by atoms with Gasteiger partial charge in [0.2, 0.25) is 0 Å². The molecule has 1 aromatic carbocycles. The maximum atomic E-state index is 4.53. The molecular weight excluding hydrogens is 258 g/mol. The van der Waals surface area contributed by atoms with Crippen LogP contribution in [0.3, 0.4) is 0 Å². The minimum absolute atomic E-state index is 0.301. The first-order chi connectivity index (χ1) is 10.0. The zero-order valence-electron chi connectivity index (χ0n) is 13.9. The summed E-state index contributed by atoms with van der Waals surface area (Å²) in [5, 5.41) is 8.33. The highest BCUT2D eigenvalue weighted by Crippen LogP contribution is 2.26. The van der Waals surface area contributed by atoms with Crippen molar-refractivity contribution in [3.63, 3.8) is 0 Å². The van der Waals surface area contributed by atoms with Gasteiger partial charge in [-0.2, -0.15) is 5.10 Å². The first kappa shape index (κ1) is 15.8. The van der Waals surface area contributed by atoms with Crippen molar-refractivity contribution < 1.29 is 0 Å². The van der Waals surface area contributed by atoms with Gasteiger partial charge in [0, 0.05) is 30.4 Å². The fraction of sp³-hybridized carbons (Fsp3) is 0.500. The minimum atomic E-state index is 0.301. The molecule has 2 unspecified atom stereocenters. The average Bonchev–Trinajstić information content (AvgIpc) is 2.72. The van der Waals surface area contributed by atoms with Gasteiger partial charge in [0.05, 0.1) is 5.69 Å². The van der Waals surface area contributed by atoms with Crippen molar-refractivity contribution in [2.45, 2.75) is 52.6 Å². The second kappa shape index (κ2) is 6.90. The molecule has 2 atom stereocenters. The Morgan fingerprint density at radius 2 is 1.86 bits per heavy atom. The number of aryl methyl sites for hydroxylation is 2. The lowest BCUT2D eigenvalue weighted by molar-refractivity contribution is 0.437. The molecule has 3 nitrogen and oxygen atoms in total. The van der Waals surface area contributed by atoms with Gasteiger partial charge in [0.25, 0.3) is 0 Å². The average molecular weight is 285 g/mol. The molecule has 0 saturated carbocycles. The smallest absolute Gasteiger partial charge is 0.0644 e. The first-order valence-corrected chi connectivity index (χ1v) is 7.85. The summed E-state index contributed by atoms with van der Waals surface area (Å²) in [6.45, 7) is 8.72. The van der Waals surface area contributed by atoms with Crippen LogP contribution in [-0.2, 0) is 7.05 Å². The standard InChI is InChI=1S/C18H27N3/c1-6-10-17(16-11-8-7-9-12-16)19-13(2)18-14(3)20-21(5)15(18)4/h7-9,11-13,17,19H,6,10H2,1-5H3. The maximum Gasteiger partial charge on any atom is 0.0644 e. The van der Waals surface area contributed by atoms with Crippen molar-refractivity contribution in [3.05, 3.63) is 52.8 Å². The third kappa shape index (κ3) is 3.53. The molecule has 0 aliphatic rings. The van der Waals surface area contributed by atoms with Crippen LogP contribution in [0.1, 0.15) is 61.3 Å². The van der Waals surface area contributed by atoms with Gasteiger partial charge in [0.15, 0.2) is 0 Å². The Morgan fingerprint density at radius 1 is 1.19 bits per heavy atom. The van der Waals surface area contributed by atoms with Crippen LogP contribution in [0.15, 0.2) is 30.3 Å². The van der Waals surface area contributed by atoms with Crippen molar-refractivity contribution >= 4 is 0 Å². The lowest BCUT2D eigenvalue weighted by Crippen LogP contribution is -2.25. The van der Waals surface area contributed by atoms with Gasteiger partial charge < -0.3 is 5.32 Å². The topological polar surface area (TPSA) is 29.9 Å². The van der Waals surface area contributed by atoms with E-state index in [1.165, 1.54) is 23.2 Å². The van der Waals surface area contributed by atoms with Gasteiger partial charge in [-0.1, -0.05) is 43.7 Å². The summed E-state index contributed by atoms with van der Waals surface area (Å²) in [7, 11) is 2.01.